The van der Waals surface area contributed by atoms with Gasteiger partial charge in [0.2, 0.25) is 21.8 Å². The number of aryl methyl sites for hydroxylation is 2. The minimum absolute atomic E-state index is 0.178. The number of anilines is 1. The number of benzene rings is 2. The van der Waals surface area contributed by atoms with Gasteiger partial charge in [-0.2, -0.15) is 0 Å². The molecule has 2 amide bonds. The molecule has 1 N–H and O–H groups in total. The Morgan fingerprint density at radius 3 is 2.18 bits per heavy atom. The average molecular weight is 490 g/mol. The zero-order chi connectivity index (χ0) is 25.5. The number of methoxy groups -OCH3 is 1. The Labute approximate surface area is 202 Å². The summed E-state index contributed by atoms with van der Waals surface area (Å²) in [6.45, 7) is 7.58. The number of rotatable bonds is 11. The van der Waals surface area contributed by atoms with Gasteiger partial charge in [-0.1, -0.05) is 42.8 Å². The fourth-order valence-corrected chi connectivity index (χ4v) is 4.54. The number of nitrogens with one attached hydrogen (secondary N) is 1. The molecule has 8 nitrogen and oxygen atoms in total. The van der Waals surface area contributed by atoms with Crippen LogP contribution >= 0.6 is 0 Å². The highest BCUT2D eigenvalue weighted by atomic mass is 32.2. The van der Waals surface area contributed by atoms with Crippen LogP contribution in [0.3, 0.4) is 0 Å². The number of amides is 2. The molecule has 2 aromatic carbocycles. The van der Waals surface area contributed by atoms with E-state index >= 15 is 0 Å². The summed E-state index contributed by atoms with van der Waals surface area (Å²) in [5.41, 5.74) is 3.02. The maximum Gasteiger partial charge on any atom is 0.244 e. The molecule has 186 valence electrons. The van der Waals surface area contributed by atoms with Crippen LogP contribution in [0.1, 0.15) is 37.0 Å². The maximum absolute atomic E-state index is 13.6. The maximum atomic E-state index is 13.6. The molecular weight excluding hydrogens is 454 g/mol. The van der Waals surface area contributed by atoms with E-state index in [9.17, 15) is 18.0 Å². The number of likely N-dealkylation sites (N-methyl/N-ethyl adjacent to an activating group) is 1. The number of ether oxygens (including phenoxy) is 1. The molecule has 0 aliphatic heterocycles. The van der Waals surface area contributed by atoms with Crippen LogP contribution < -0.4 is 14.4 Å². The molecule has 0 fully saturated rings. The van der Waals surface area contributed by atoms with Crippen LogP contribution in [0.15, 0.2) is 42.5 Å². The molecule has 0 heterocycles. The number of hydrogen-bond donors (Lipinski definition) is 1. The Kier molecular flexibility index (Phi) is 9.49. The van der Waals surface area contributed by atoms with E-state index in [4.69, 9.17) is 4.74 Å². The van der Waals surface area contributed by atoms with Crippen molar-refractivity contribution in [2.24, 2.45) is 0 Å². The second-order valence-corrected chi connectivity index (χ2v) is 10.2. The predicted molar refractivity (Wildman–Crippen MR) is 134 cm³/mol. The lowest BCUT2D eigenvalue weighted by Crippen LogP contribution is -2.52. The third kappa shape index (κ3) is 6.96. The molecule has 2 aromatic rings. The van der Waals surface area contributed by atoms with Gasteiger partial charge in [0.1, 0.15) is 18.3 Å². The van der Waals surface area contributed by atoms with E-state index in [0.717, 1.165) is 27.3 Å². The SMILES string of the molecule is CCNC(=O)[C@@H](CC)N(Cc1ccc(C)cc1)C(=O)CN(c1cc(C)ccc1OC)S(C)(=O)=O. The molecule has 0 aliphatic carbocycles. The van der Waals surface area contributed by atoms with Crippen molar-refractivity contribution < 1.29 is 22.7 Å². The Morgan fingerprint density at radius 2 is 1.65 bits per heavy atom. The first kappa shape index (κ1) is 27.2. The van der Waals surface area contributed by atoms with Gasteiger partial charge in [0.15, 0.2) is 0 Å². The highest BCUT2D eigenvalue weighted by Gasteiger charge is 2.32. The molecule has 0 aliphatic rings. The molecule has 0 radical (unpaired) electrons. The summed E-state index contributed by atoms with van der Waals surface area (Å²) in [7, 11) is -2.39. The van der Waals surface area contributed by atoms with Crippen LogP contribution in [-0.4, -0.2) is 57.6 Å². The van der Waals surface area contributed by atoms with Crippen molar-refractivity contribution in [3.63, 3.8) is 0 Å². The summed E-state index contributed by atoms with van der Waals surface area (Å²) in [6, 6.07) is 12.1. The van der Waals surface area contributed by atoms with E-state index in [1.54, 1.807) is 18.2 Å². The second-order valence-electron chi connectivity index (χ2n) is 8.27. The number of nitrogens with zero attached hydrogens (tertiary/aromatic N) is 2. The minimum Gasteiger partial charge on any atom is -0.495 e. The summed E-state index contributed by atoms with van der Waals surface area (Å²) < 4.78 is 31.9. The van der Waals surface area contributed by atoms with Gasteiger partial charge in [0, 0.05) is 13.1 Å². The largest absolute Gasteiger partial charge is 0.495 e. The van der Waals surface area contributed by atoms with Crippen molar-refractivity contribution in [3.8, 4) is 5.75 Å². The van der Waals surface area contributed by atoms with Gasteiger partial charge < -0.3 is 15.0 Å². The Bertz CT molecular complexity index is 1100. The summed E-state index contributed by atoms with van der Waals surface area (Å²) >= 11 is 0. The Morgan fingerprint density at radius 1 is 1.03 bits per heavy atom. The molecule has 34 heavy (non-hydrogen) atoms. The van der Waals surface area contributed by atoms with E-state index in [2.05, 4.69) is 5.32 Å². The molecule has 0 bridgehead atoms. The van der Waals surface area contributed by atoms with Gasteiger partial charge in [0.25, 0.3) is 0 Å². The molecule has 0 saturated heterocycles. The molecule has 1 atom stereocenters. The molecule has 0 saturated carbocycles. The number of carbonyl (C=O) groups excluding carboxylic acids is 2. The minimum atomic E-state index is -3.83. The van der Waals surface area contributed by atoms with Crippen molar-refractivity contribution in [3.05, 3.63) is 59.2 Å². The first-order valence-electron chi connectivity index (χ1n) is 11.3. The van der Waals surface area contributed by atoms with Crippen LogP contribution in [0.5, 0.6) is 5.75 Å². The van der Waals surface area contributed by atoms with E-state index in [1.165, 1.54) is 12.0 Å². The van der Waals surface area contributed by atoms with Crippen molar-refractivity contribution in [1.82, 2.24) is 10.2 Å². The lowest BCUT2D eigenvalue weighted by molar-refractivity contribution is -0.140. The zero-order valence-corrected chi connectivity index (χ0v) is 21.6. The topological polar surface area (TPSA) is 96.0 Å². The van der Waals surface area contributed by atoms with Crippen LogP contribution in [0, 0.1) is 13.8 Å². The first-order valence-corrected chi connectivity index (χ1v) is 13.1. The quantitative estimate of drug-likeness (QED) is 0.523. The summed E-state index contributed by atoms with van der Waals surface area (Å²) in [4.78, 5) is 27.9. The molecule has 0 spiro atoms. The van der Waals surface area contributed by atoms with Crippen molar-refractivity contribution in [2.45, 2.75) is 46.7 Å². The third-order valence-electron chi connectivity index (χ3n) is 5.49. The van der Waals surface area contributed by atoms with Crippen LogP contribution in [0.4, 0.5) is 5.69 Å². The van der Waals surface area contributed by atoms with E-state index in [-0.39, 0.29) is 18.1 Å². The van der Waals surface area contributed by atoms with Gasteiger partial charge in [-0.15, -0.1) is 0 Å². The Balaban J connectivity index is 2.49. The van der Waals surface area contributed by atoms with Crippen LogP contribution in [0.25, 0.3) is 0 Å². The Hall–Kier alpha value is -3.07. The highest BCUT2D eigenvalue weighted by Crippen LogP contribution is 2.31. The zero-order valence-electron chi connectivity index (χ0n) is 20.8. The lowest BCUT2D eigenvalue weighted by atomic mass is 10.1. The second kappa shape index (κ2) is 11.9. The standard InChI is InChI=1S/C25H35N3O5S/c1-7-21(25(30)26-8-2)27(16-20-12-9-18(3)10-13-20)24(29)17-28(34(6,31)32)22-15-19(4)11-14-23(22)33-5/h9-15,21H,7-8,16-17H2,1-6H3,(H,26,30)/t21-/m1/s1. The van der Waals surface area contributed by atoms with Crippen LogP contribution in [-0.2, 0) is 26.2 Å². The molecule has 2 rings (SSSR count). The van der Waals surface area contributed by atoms with Gasteiger partial charge in [-0.05, 0) is 50.5 Å². The van der Waals surface area contributed by atoms with Crippen molar-refractivity contribution in [2.75, 3.05) is 30.8 Å². The highest BCUT2D eigenvalue weighted by molar-refractivity contribution is 7.92. The van der Waals surface area contributed by atoms with E-state index in [0.29, 0.717) is 18.7 Å². The van der Waals surface area contributed by atoms with Gasteiger partial charge >= 0.3 is 0 Å². The average Bonchev–Trinajstić information content (AvgIpc) is 2.78. The summed E-state index contributed by atoms with van der Waals surface area (Å²) in [5, 5.41) is 2.78. The number of hydrogen-bond acceptors (Lipinski definition) is 5. The molecule has 0 aromatic heterocycles. The van der Waals surface area contributed by atoms with E-state index < -0.39 is 28.5 Å². The van der Waals surface area contributed by atoms with Gasteiger partial charge in [-0.3, -0.25) is 13.9 Å². The molecule has 9 heteroatoms. The summed E-state index contributed by atoms with van der Waals surface area (Å²) in [5.74, 6) is -0.415. The fraction of sp³-hybridized carbons (Fsp3) is 0.440. The third-order valence-corrected chi connectivity index (χ3v) is 6.62. The fourth-order valence-electron chi connectivity index (χ4n) is 3.69. The lowest BCUT2D eigenvalue weighted by Gasteiger charge is -2.33. The number of sulfonamides is 1. The van der Waals surface area contributed by atoms with Gasteiger partial charge in [-0.25, -0.2) is 8.42 Å². The monoisotopic (exact) mass is 489 g/mol. The number of carbonyl (C=O) groups is 2. The summed E-state index contributed by atoms with van der Waals surface area (Å²) in [6.07, 6.45) is 1.43. The smallest absolute Gasteiger partial charge is 0.244 e. The van der Waals surface area contributed by atoms with Crippen molar-refractivity contribution >= 4 is 27.5 Å². The predicted octanol–water partition coefficient (Wildman–Crippen LogP) is 3.02. The van der Waals surface area contributed by atoms with Gasteiger partial charge in [0.05, 0.1) is 19.1 Å². The first-order chi connectivity index (χ1) is 16.0. The van der Waals surface area contributed by atoms with E-state index in [1.807, 2.05) is 52.0 Å². The van der Waals surface area contributed by atoms with Crippen molar-refractivity contribution in [1.29, 1.82) is 0 Å². The normalized spacial score (nSPS) is 12.1. The molecule has 0 unspecified atom stereocenters. The molecular formula is C25H35N3O5S. The van der Waals surface area contributed by atoms with Crippen LogP contribution in [0.2, 0.25) is 0 Å².